The molecule has 0 fully saturated rings. The van der Waals surface area contributed by atoms with E-state index in [4.69, 9.17) is 20.6 Å². The Morgan fingerprint density at radius 2 is 1.62 bits per heavy atom. The number of nitrogens with zero attached hydrogens (tertiary/aromatic N) is 2. The summed E-state index contributed by atoms with van der Waals surface area (Å²) in [6, 6.07) is 1.75. The van der Waals surface area contributed by atoms with E-state index < -0.39 is 5.09 Å². The Morgan fingerprint density at radius 1 is 1.62 bits per heavy atom. The van der Waals surface area contributed by atoms with Crippen LogP contribution in [0.4, 0.5) is 0 Å². The van der Waals surface area contributed by atoms with Crippen LogP contribution in [-0.2, 0) is 22.4 Å². The van der Waals surface area contributed by atoms with E-state index in [1.54, 1.807) is 6.07 Å². The maximum absolute atomic E-state index is 8.25. The summed E-state index contributed by atoms with van der Waals surface area (Å²) in [5.74, 6) is 0. The standard InChI is InChI=1S/C2H3N.Ag.NO3/c1-2-3;;2-1(3)4/h1H3;;/q;+1;-1. The normalized spacial score (nSPS) is 4.00. The fraction of sp³-hybridized carbons (Fsp3) is 0.500. The Hall–Kier alpha value is -0.570. The first-order valence-electron chi connectivity index (χ1n) is 1.27. The molecule has 0 aromatic heterocycles. The van der Waals surface area contributed by atoms with Crippen LogP contribution < -0.4 is 0 Å². The van der Waals surface area contributed by atoms with Crippen molar-refractivity contribution in [1.82, 2.24) is 0 Å². The van der Waals surface area contributed by atoms with Crippen molar-refractivity contribution in [3.8, 4) is 6.07 Å². The SMILES string of the molecule is CC#N.O=[N+]([O-])[O-].[Ag+]. The van der Waals surface area contributed by atoms with Gasteiger partial charge in [-0.3, -0.25) is 0 Å². The van der Waals surface area contributed by atoms with Crippen LogP contribution in [0.25, 0.3) is 0 Å². The van der Waals surface area contributed by atoms with Gasteiger partial charge in [-0.2, -0.15) is 5.26 Å². The van der Waals surface area contributed by atoms with E-state index in [-0.39, 0.29) is 22.4 Å². The number of hydrogen-bond donors (Lipinski definition) is 0. The van der Waals surface area contributed by atoms with Gasteiger partial charge in [0.2, 0.25) is 0 Å². The van der Waals surface area contributed by atoms with Gasteiger partial charge in [0, 0.05) is 6.92 Å². The molecule has 0 bridgehead atoms. The second-order valence-corrected chi connectivity index (χ2v) is 0.447. The zero-order valence-electron chi connectivity index (χ0n) is 3.92. The van der Waals surface area contributed by atoms with Gasteiger partial charge in [-0.15, -0.1) is 0 Å². The predicted octanol–water partition coefficient (Wildman–Crippen LogP) is 0.288. The molecule has 0 rings (SSSR count). The predicted molar refractivity (Wildman–Crippen MR) is 21.6 cm³/mol. The van der Waals surface area contributed by atoms with Crippen LogP contribution in [0.3, 0.4) is 0 Å². The largest absolute Gasteiger partial charge is 1.00 e. The molecule has 50 valence electrons. The maximum atomic E-state index is 8.25. The molecule has 8 heavy (non-hydrogen) atoms. The molecular formula is C2H3AgN2O3. The van der Waals surface area contributed by atoms with Gasteiger partial charge in [0.05, 0.1) is 11.2 Å². The summed E-state index contributed by atoms with van der Waals surface area (Å²) in [5.41, 5.74) is 0. The first-order chi connectivity index (χ1) is 3.15. The van der Waals surface area contributed by atoms with Crippen molar-refractivity contribution in [2.45, 2.75) is 6.92 Å². The third kappa shape index (κ3) is 328. The third-order valence-corrected chi connectivity index (χ3v) is 0. The minimum atomic E-state index is -1.75. The Morgan fingerprint density at radius 3 is 1.62 bits per heavy atom. The van der Waals surface area contributed by atoms with E-state index in [0.717, 1.165) is 0 Å². The van der Waals surface area contributed by atoms with Crippen LogP contribution >= 0.6 is 0 Å². The molecule has 0 atom stereocenters. The van der Waals surface area contributed by atoms with Crippen molar-refractivity contribution in [2.75, 3.05) is 0 Å². The van der Waals surface area contributed by atoms with Crippen LogP contribution in [0.1, 0.15) is 6.92 Å². The van der Waals surface area contributed by atoms with Gasteiger partial charge >= 0.3 is 22.4 Å². The second-order valence-electron chi connectivity index (χ2n) is 0.447. The monoisotopic (exact) mass is 210 g/mol. The summed E-state index contributed by atoms with van der Waals surface area (Å²) in [6.45, 7) is 1.43. The molecule has 0 spiro atoms. The van der Waals surface area contributed by atoms with Gasteiger partial charge in [-0.1, -0.05) is 0 Å². The second kappa shape index (κ2) is 16.1. The summed E-state index contributed by atoms with van der Waals surface area (Å²) in [4.78, 5) is 8.25. The molecule has 0 aromatic rings. The zero-order chi connectivity index (χ0) is 6.28. The van der Waals surface area contributed by atoms with Crippen LogP contribution in [0, 0.1) is 26.7 Å². The number of hydrogen-bond acceptors (Lipinski definition) is 4. The van der Waals surface area contributed by atoms with Crippen molar-refractivity contribution in [3.63, 3.8) is 0 Å². The molecule has 0 radical (unpaired) electrons. The van der Waals surface area contributed by atoms with E-state index in [1.165, 1.54) is 6.92 Å². The van der Waals surface area contributed by atoms with Crippen molar-refractivity contribution < 1.29 is 27.5 Å². The summed E-state index contributed by atoms with van der Waals surface area (Å²) in [6.07, 6.45) is 0. The van der Waals surface area contributed by atoms with Gasteiger partial charge < -0.3 is 15.3 Å². The fourth-order valence-electron chi connectivity index (χ4n) is 0. The van der Waals surface area contributed by atoms with Crippen LogP contribution in [0.15, 0.2) is 0 Å². The minimum Gasteiger partial charge on any atom is -0.356 e. The average molecular weight is 211 g/mol. The summed E-state index contributed by atoms with van der Waals surface area (Å²) in [5, 5.41) is 22.1. The molecule has 0 aliphatic heterocycles. The molecule has 6 heteroatoms. The van der Waals surface area contributed by atoms with Crippen molar-refractivity contribution in [3.05, 3.63) is 15.3 Å². The van der Waals surface area contributed by atoms with Gasteiger partial charge in [0.25, 0.3) is 0 Å². The van der Waals surface area contributed by atoms with E-state index in [9.17, 15) is 0 Å². The third-order valence-electron chi connectivity index (χ3n) is 0. The van der Waals surface area contributed by atoms with Crippen molar-refractivity contribution in [2.24, 2.45) is 0 Å². The van der Waals surface area contributed by atoms with E-state index in [2.05, 4.69) is 0 Å². The molecule has 5 nitrogen and oxygen atoms in total. The summed E-state index contributed by atoms with van der Waals surface area (Å²) >= 11 is 0. The first-order valence-corrected chi connectivity index (χ1v) is 1.27. The molecule has 0 N–H and O–H groups in total. The number of nitriles is 1. The first kappa shape index (κ1) is 15.7. The number of rotatable bonds is 0. The maximum Gasteiger partial charge on any atom is 1.00 e. The smallest absolute Gasteiger partial charge is 0.356 e. The van der Waals surface area contributed by atoms with Crippen LogP contribution in [0.2, 0.25) is 0 Å². The van der Waals surface area contributed by atoms with E-state index in [0.29, 0.717) is 0 Å². The van der Waals surface area contributed by atoms with E-state index >= 15 is 0 Å². The van der Waals surface area contributed by atoms with Gasteiger partial charge in [0.1, 0.15) is 0 Å². The van der Waals surface area contributed by atoms with Gasteiger partial charge in [-0.25, -0.2) is 0 Å². The minimum absolute atomic E-state index is 0. The molecule has 0 heterocycles. The molecule has 0 aliphatic rings. The quantitative estimate of drug-likeness (QED) is 0.327. The topological polar surface area (TPSA) is 90.0 Å². The molecule has 0 aromatic carbocycles. The molecule has 0 aliphatic carbocycles. The van der Waals surface area contributed by atoms with Crippen molar-refractivity contribution >= 4 is 0 Å². The molecular weight excluding hydrogens is 208 g/mol. The average Bonchev–Trinajstić information content (AvgIpc) is 1.33. The fourth-order valence-corrected chi connectivity index (χ4v) is 0. The molecule has 0 saturated carbocycles. The van der Waals surface area contributed by atoms with Gasteiger partial charge in [-0.05, 0) is 0 Å². The molecule has 0 unspecified atom stereocenters. The van der Waals surface area contributed by atoms with Crippen LogP contribution in [-0.4, -0.2) is 5.09 Å². The van der Waals surface area contributed by atoms with Crippen LogP contribution in [0.5, 0.6) is 0 Å². The Bertz CT molecular complexity index is 83.8. The molecule has 0 amide bonds. The van der Waals surface area contributed by atoms with Crippen molar-refractivity contribution in [1.29, 1.82) is 5.26 Å². The Balaban J connectivity index is -0.0000000575. The molecule has 0 saturated heterocycles. The zero-order valence-corrected chi connectivity index (χ0v) is 5.40. The van der Waals surface area contributed by atoms with Gasteiger partial charge in [0.15, 0.2) is 0 Å². The van der Waals surface area contributed by atoms with E-state index in [1.807, 2.05) is 0 Å². The summed E-state index contributed by atoms with van der Waals surface area (Å²) < 4.78 is 0. The summed E-state index contributed by atoms with van der Waals surface area (Å²) in [7, 11) is 0. The Labute approximate surface area is 61.5 Å². The Kier molecular flexibility index (Phi) is 31.5.